The molecule has 0 unspecified atom stereocenters. The Bertz CT molecular complexity index is 777. The fourth-order valence-electron chi connectivity index (χ4n) is 1.84. The van der Waals surface area contributed by atoms with E-state index in [1.165, 1.54) is 6.07 Å². The van der Waals surface area contributed by atoms with Crippen molar-refractivity contribution in [2.45, 2.75) is 6.18 Å². The highest BCUT2D eigenvalue weighted by Gasteiger charge is 2.30. The van der Waals surface area contributed by atoms with E-state index in [1.807, 2.05) is 0 Å². The van der Waals surface area contributed by atoms with Crippen LogP contribution in [-0.2, 0) is 11.0 Å². The zero-order chi connectivity index (χ0) is 17.9. The number of rotatable bonds is 4. The molecule has 0 saturated heterocycles. The van der Waals surface area contributed by atoms with Crippen LogP contribution >= 0.6 is 11.6 Å². The Kier molecular flexibility index (Phi) is 4.99. The Labute approximate surface area is 139 Å². The third-order valence-corrected chi connectivity index (χ3v) is 3.34. The van der Waals surface area contributed by atoms with E-state index in [9.17, 15) is 27.9 Å². The van der Waals surface area contributed by atoms with Crippen molar-refractivity contribution in [2.24, 2.45) is 0 Å². The molecule has 2 aromatic rings. The molecule has 2 aromatic carbocycles. The van der Waals surface area contributed by atoms with Crippen molar-refractivity contribution in [3.63, 3.8) is 0 Å². The molecule has 0 aromatic heterocycles. The molecule has 0 aliphatic carbocycles. The topological polar surface area (TPSA) is 78.4 Å². The minimum atomic E-state index is -4.50. The van der Waals surface area contributed by atoms with Crippen LogP contribution in [0.3, 0.4) is 0 Å². The van der Waals surface area contributed by atoms with E-state index < -0.39 is 17.6 Å². The lowest BCUT2D eigenvalue weighted by atomic mass is 10.1. The van der Waals surface area contributed by atoms with Crippen molar-refractivity contribution in [2.75, 3.05) is 10.6 Å². The van der Waals surface area contributed by atoms with Crippen LogP contribution in [0.25, 0.3) is 0 Å². The van der Waals surface area contributed by atoms with Gasteiger partial charge < -0.3 is 15.7 Å². The van der Waals surface area contributed by atoms with Gasteiger partial charge >= 0.3 is 6.18 Å². The van der Waals surface area contributed by atoms with Gasteiger partial charge in [0.1, 0.15) is 5.75 Å². The fraction of sp³-hybridized carbons (Fsp3) is 0.0667. The normalized spacial score (nSPS) is 11.0. The Morgan fingerprint density at radius 1 is 1.12 bits per heavy atom. The van der Waals surface area contributed by atoms with Crippen molar-refractivity contribution in [1.82, 2.24) is 0 Å². The van der Waals surface area contributed by atoms with Gasteiger partial charge in [-0.25, -0.2) is 0 Å². The van der Waals surface area contributed by atoms with E-state index in [2.05, 4.69) is 10.6 Å². The van der Waals surface area contributed by atoms with E-state index in [0.29, 0.717) is 6.41 Å². The van der Waals surface area contributed by atoms with Crippen LogP contribution in [0.15, 0.2) is 36.4 Å². The molecule has 24 heavy (non-hydrogen) atoms. The molecule has 5 nitrogen and oxygen atoms in total. The van der Waals surface area contributed by atoms with Gasteiger partial charge in [0.05, 0.1) is 22.0 Å². The van der Waals surface area contributed by atoms with E-state index in [0.717, 1.165) is 30.3 Å². The van der Waals surface area contributed by atoms with Gasteiger partial charge in [0.15, 0.2) is 0 Å². The van der Waals surface area contributed by atoms with Crippen molar-refractivity contribution < 1.29 is 27.9 Å². The van der Waals surface area contributed by atoms with Crippen LogP contribution in [0, 0.1) is 0 Å². The maximum Gasteiger partial charge on any atom is 0.416 e. The SMILES string of the molecule is O=CNc1cc(O)c(NC(=O)c2ccc(C(F)(F)F)cc2)cc1Cl. The third-order valence-electron chi connectivity index (χ3n) is 3.02. The molecule has 2 amide bonds. The Hall–Kier alpha value is -2.74. The van der Waals surface area contributed by atoms with Crippen LogP contribution < -0.4 is 10.6 Å². The lowest BCUT2D eigenvalue weighted by Gasteiger charge is -2.11. The summed E-state index contributed by atoms with van der Waals surface area (Å²) in [5.74, 6) is -1.10. The number of alkyl halides is 3. The molecule has 0 heterocycles. The van der Waals surface area contributed by atoms with Crippen LogP contribution in [0.1, 0.15) is 15.9 Å². The molecule has 0 spiro atoms. The minimum absolute atomic E-state index is 0.0337. The quantitative estimate of drug-likeness (QED) is 0.573. The maximum absolute atomic E-state index is 12.5. The largest absolute Gasteiger partial charge is 0.506 e. The first-order valence-corrected chi connectivity index (χ1v) is 6.81. The number of nitrogens with one attached hydrogen (secondary N) is 2. The average molecular weight is 359 g/mol. The molecule has 0 aliphatic rings. The highest BCUT2D eigenvalue weighted by atomic mass is 35.5. The number of phenols is 1. The first-order chi connectivity index (χ1) is 11.2. The molecule has 0 atom stereocenters. The van der Waals surface area contributed by atoms with Gasteiger partial charge in [-0.3, -0.25) is 9.59 Å². The predicted molar refractivity (Wildman–Crippen MR) is 82.2 cm³/mol. The van der Waals surface area contributed by atoms with Gasteiger partial charge in [0.25, 0.3) is 5.91 Å². The Balaban J connectivity index is 2.20. The van der Waals surface area contributed by atoms with Crippen molar-refractivity contribution in [3.8, 4) is 5.75 Å². The second-order valence-electron chi connectivity index (χ2n) is 4.64. The lowest BCUT2D eigenvalue weighted by molar-refractivity contribution is -0.137. The average Bonchev–Trinajstić information content (AvgIpc) is 2.51. The molecule has 0 aliphatic heterocycles. The number of amides is 2. The van der Waals surface area contributed by atoms with Crippen LogP contribution in [-0.4, -0.2) is 17.4 Å². The van der Waals surface area contributed by atoms with Gasteiger partial charge in [0, 0.05) is 11.6 Å². The predicted octanol–water partition coefficient (Wildman–Crippen LogP) is 3.89. The first kappa shape index (κ1) is 17.6. The summed E-state index contributed by atoms with van der Waals surface area (Å²) in [6.07, 6.45) is -4.14. The van der Waals surface area contributed by atoms with E-state index in [4.69, 9.17) is 11.6 Å². The van der Waals surface area contributed by atoms with Gasteiger partial charge in [-0.05, 0) is 30.3 Å². The Morgan fingerprint density at radius 3 is 2.29 bits per heavy atom. The summed E-state index contributed by atoms with van der Waals surface area (Å²) in [4.78, 5) is 22.4. The number of carbonyl (C=O) groups is 2. The number of halogens is 4. The smallest absolute Gasteiger partial charge is 0.416 e. The van der Waals surface area contributed by atoms with Crippen molar-refractivity contribution in [1.29, 1.82) is 0 Å². The molecule has 0 bridgehead atoms. The lowest BCUT2D eigenvalue weighted by Crippen LogP contribution is -2.13. The summed E-state index contributed by atoms with van der Waals surface area (Å²) in [6, 6.07) is 5.90. The number of carbonyl (C=O) groups excluding carboxylic acids is 2. The molecule has 2 rings (SSSR count). The van der Waals surface area contributed by atoms with E-state index in [1.54, 1.807) is 0 Å². The monoisotopic (exact) mass is 358 g/mol. The molecule has 126 valence electrons. The minimum Gasteiger partial charge on any atom is -0.506 e. The number of anilines is 2. The summed E-state index contributed by atoms with van der Waals surface area (Å²) >= 11 is 5.87. The molecule has 0 fully saturated rings. The zero-order valence-corrected chi connectivity index (χ0v) is 12.6. The van der Waals surface area contributed by atoms with Crippen LogP contribution in [0.2, 0.25) is 5.02 Å². The standard InChI is InChI=1S/C15H10ClF3N2O3/c16-10-5-12(13(23)6-11(10)20-7-22)21-14(24)8-1-3-9(4-2-8)15(17,18)19/h1-7,23H,(H,20,22)(H,21,24). The van der Waals surface area contributed by atoms with Crippen molar-refractivity contribution >= 4 is 35.3 Å². The highest BCUT2D eigenvalue weighted by molar-refractivity contribution is 6.34. The first-order valence-electron chi connectivity index (χ1n) is 6.43. The van der Waals surface area contributed by atoms with Gasteiger partial charge in [0.2, 0.25) is 6.41 Å². The summed E-state index contributed by atoms with van der Waals surface area (Å²) in [6.45, 7) is 0. The second-order valence-corrected chi connectivity index (χ2v) is 5.05. The number of phenolic OH excluding ortho intramolecular Hbond substituents is 1. The van der Waals surface area contributed by atoms with Gasteiger partial charge in [-0.15, -0.1) is 0 Å². The number of hydrogen-bond donors (Lipinski definition) is 3. The van der Waals surface area contributed by atoms with Gasteiger partial charge in [-0.2, -0.15) is 13.2 Å². The van der Waals surface area contributed by atoms with Crippen LogP contribution in [0.5, 0.6) is 5.75 Å². The summed E-state index contributed by atoms with van der Waals surface area (Å²) in [5.41, 5.74) is -0.833. The second kappa shape index (κ2) is 6.79. The zero-order valence-electron chi connectivity index (χ0n) is 11.8. The highest BCUT2D eigenvalue weighted by Crippen LogP contribution is 2.34. The molecule has 0 saturated carbocycles. The van der Waals surface area contributed by atoms with Crippen LogP contribution in [0.4, 0.5) is 24.5 Å². The van der Waals surface area contributed by atoms with E-state index in [-0.39, 0.29) is 27.7 Å². The third kappa shape index (κ3) is 3.96. The molecular formula is C15H10ClF3N2O3. The summed E-state index contributed by atoms with van der Waals surface area (Å²) < 4.78 is 37.5. The maximum atomic E-state index is 12.5. The number of aromatic hydroxyl groups is 1. The molecule has 3 N–H and O–H groups in total. The number of benzene rings is 2. The molecular weight excluding hydrogens is 349 g/mol. The molecule has 0 radical (unpaired) electrons. The molecule has 9 heteroatoms. The summed E-state index contributed by atoms with van der Waals surface area (Å²) in [7, 11) is 0. The summed E-state index contributed by atoms with van der Waals surface area (Å²) in [5, 5.41) is 14.5. The Morgan fingerprint density at radius 2 is 1.75 bits per heavy atom. The van der Waals surface area contributed by atoms with Crippen molar-refractivity contribution in [3.05, 3.63) is 52.5 Å². The number of hydrogen-bond acceptors (Lipinski definition) is 3. The fourth-order valence-corrected chi connectivity index (χ4v) is 2.06. The van der Waals surface area contributed by atoms with Gasteiger partial charge in [-0.1, -0.05) is 11.6 Å². The van der Waals surface area contributed by atoms with E-state index >= 15 is 0 Å².